The van der Waals surface area contributed by atoms with Crippen molar-refractivity contribution in [2.45, 2.75) is 51.0 Å². The lowest BCUT2D eigenvalue weighted by Crippen LogP contribution is -2.33. The van der Waals surface area contributed by atoms with Gasteiger partial charge in [-0.2, -0.15) is 0 Å². The van der Waals surface area contributed by atoms with Gasteiger partial charge in [-0.05, 0) is 73.7 Å². The fourth-order valence-electron chi connectivity index (χ4n) is 3.47. The van der Waals surface area contributed by atoms with Crippen molar-refractivity contribution >= 4 is 15.9 Å². The molecule has 0 aliphatic heterocycles. The minimum Gasteiger partial charge on any atom is -0.314 e. The minimum atomic E-state index is -0.0382. The molecule has 3 unspecified atom stereocenters. The van der Waals surface area contributed by atoms with Crippen LogP contribution in [0.15, 0.2) is 22.7 Å². The van der Waals surface area contributed by atoms with Crippen molar-refractivity contribution in [2.24, 2.45) is 11.8 Å². The highest BCUT2D eigenvalue weighted by atomic mass is 79.9. The van der Waals surface area contributed by atoms with E-state index < -0.39 is 0 Å². The number of rotatable bonds is 4. The number of hydrogen-bond acceptors (Lipinski definition) is 1. The molecule has 2 saturated carbocycles. The highest BCUT2D eigenvalue weighted by Crippen LogP contribution is 2.42. The van der Waals surface area contributed by atoms with Crippen molar-refractivity contribution in [1.29, 1.82) is 0 Å². The largest absolute Gasteiger partial charge is 0.314 e. The van der Waals surface area contributed by atoms with Gasteiger partial charge >= 0.3 is 0 Å². The molecule has 3 atom stereocenters. The van der Waals surface area contributed by atoms with Crippen LogP contribution in [-0.4, -0.2) is 12.6 Å². The molecule has 1 N–H and O–H groups in total. The Balaban J connectivity index is 1.78. The molecular formula is C17H23BrFN. The molecule has 0 heterocycles. The Morgan fingerprint density at radius 2 is 2.05 bits per heavy atom. The van der Waals surface area contributed by atoms with E-state index in [-0.39, 0.29) is 5.82 Å². The third kappa shape index (κ3) is 3.43. The Morgan fingerprint density at radius 1 is 1.25 bits per heavy atom. The van der Waals surface area contributed by atoms with Gasteiger partial charge in [-0.3, -0.25) is 0 Å². The van der Waals surface area contributed by atoms with E-state index in [2.05, 4.69) is 28.2 Å². The van der Waals surface area contributed by atoms with E-state index in [4.69, 9.17) is 0 Å². The van der Waals surface area contributed by atoms with Gasteiger partial charge in [-0.1, -0.05) is 29.3 Å². The number of hydrogen-bond donors (Lipinski definition) is 1. The summed E-state index contributed by atoms with van der Waals surface area (Å²) in [6.07, 6.45) is 6.25. The van der Waals surface area contributed by atoms with E-state index >= 15 is 0 Å². The van der Waals surface area contributed by atoms with Gasteiger partial charge in [0, 0.05) is 10.5 Å². The highest BCUT2D eigenvalue weighted by Gasteiger charge is 2.32. The van der Waals surface area contributed by atoms with Gasteiger partial charge in [0.25, 0.3) is 0 Å². The molecule has 0 bridgehead atoms. The second-order valence-electron chi connectivity index (χ2n) is 6.63. The first-order valence-electron chi connectivity index (χ1n) is 7.82. The smallest absolute Gasteiger partial charge is 0.126 e. The predicted octanol–water partition coefficient (Wildman–Crippen LogP) is 4.86. The molecule has 2 aliphatic carbocycles. The van der Waals surface area contributed by atoms with Crippen molar-refractivity contribution in [1.82, 2.24) is 5.32 Å². The van der Waals surface area contributed by atoms with E-state index in [1.54, 1.807) is 12.1 Å². The Bertz CT molecular complexity index is 472. The van der Waals surface area contributed by atoms with E-state index in [0.29, 0.717) is 17.8 Å². The standard InChI is InChI=1S/C17H23BrFN/c1-11-2-3-12(10-20-14-5-6-14)15(8-11)16-9-13(18)4-7-17(16)19/h4,7,9,11-12,14-15,20H,2-3,5-6,8,10H2,1H3. The van der Waals surface area contributed by atoms with Crippen LogP contribution >= 0.6 is 15.9 Å². The summed E-state index contributed by atoms with van der Waals surface area (Å²) < 4.78 is 15.2. The zero-order valence-corrected chi connectivity index (χ0v) is 13.6. The molecule has 2 aliphatic rings. The van der Waals surface area contributed by atoms with Gasteiger partial charge in [0.15, 0.2) is 0 Å². The molecule has 20 heavy (non-hydrogen) atoms. The number of halogens is 2. The first kappa shape index (κ1) is 14.5. The lowest BCUT2D eigenvalue weighted by Gasteiger charge is -2.35. The van der Waals surface area contributed by atoms with Crippen LogP contribution in [-0.2, 0) is 0 Å². The van der Waals surface area contributed by atoms with Gasteiger partial charge < -0.3 is 5.32 Å². The first-order chi connectivity index (χ1) is 9.63. The summed E-state index contributed by atoms with van der Waals surface area (Å²) in [5.41, 5.74) is 0.911. The number of nitrogens with one attached hydrogen (secondary N) is 1. The third-order valence-corrected chi connectivity index (χ3v) is 5.35. The topological polar surface area (TPSA) is 12.0 Å². The summed E-state index contributed by atoms with van der Waals surface area (Å²) in [6.45, 7) is 3.35. The summed E-state index contributed by atoms with van der Waals surface area (Å²) in [7, 11) is 0. The molecule has 3 heteroatoms. The Morgan fingerprint density at radius 3 is 2.80 bits per heavy atom. The maximum Gasteiger partial charge on any atom is 0.126 e. The fourth-order valence-corrected chi connectivity index (χ4v) is 3.85. The van der Waals surface area contributed by atoms with Crippen LogP contribution in [0.2, 0.25) is 0 Å². The summed E-state index contributed by atoms with van der Waals surface area (Å²) in [4.78, 5) is 0. The van der Waals surface area contributed by atoms with Gasteiger partial charge in [0.2, 0.25) is 0 Å². The summed E-state index contributed by atoms with van der Waals surface area (Å²) in [5, 5.41) is 3.64. The average molecular weight is 340 g/mol. The zero-order valence-electron chi connectivity index (χ0n) is 12.0. The second-order valence-corrected chi connectivity index (χ2v) is 7.55. The van der Waals surface area contributed by atoms with Gasteiger partial charge in [-0.25, -0.2) is 4.39 Å². The van der Waals surface area contributed by atoms with Crippen molar-refractivity contribution in [3.05, 3.63) is 34.1 Å². The third-order valence-electron chi connectivity index (χ3n) is 4.86. The van der Waals surface area contributed by atoms with Crippen molar-refractivity contribution in [3.63, 3.8) is 0 Å². The molecule has 0 saturated heterocycles. The molecule has 1 nitrogen and oxygen atoms in total. The molecule has 2 fully saturated rings. The monoisotopic (exact) mass is 339 g/mol. The van der Waals surface area contributed by atoms with E-state index in [1.165, 1.54) is 25.7 Å². The summed E-state index contributed by atoms with van der Waals surface area (Å²) in [6, 6.07) is 6.12. The molecule has 110 valence electrons. The highest BCUT2D eigenvalue weighted by molar-refractivity contribution is 9.10. The molecule has 0 radical (unpaired) electrons. The van der Waals surface area contributed by atoms with Crippen LogP contribution in [0, 0.1) is 17.7 Å². The number of benzene rings is 1. The average Bonchev–Trinajstić information content (AvgIpc) is 3.24. The molecule has 3 rings (SSSR count). The molecular weight excluding hydrogens is 317 g/mol. The first-order valence-corrected chi connectivity index (χ1v) is 8.61. The maximum atomic E-state index is 14.2. The second kappa shape index (κ2) is 6.15. The molecule has 0 aromatic heterocycles. The van der Waals surface area contributed by atoms with E-state index in [0.717, 1.165) is 29.0 Å². The lowest BCUT2D eigenvalue weighted by molar-refractivity contribution is 0.237. The molecule has 0 amide bonds. The molecule has 1 aromatic carbocycles. The Hall–Kier alpha value is -0.410. The predicted molar refractivity (Wildman–Crippen MR) is 84.4 cm³/mol. The van der Waals surface area contributed by atoms with E-state index in [1.807, 2.05) is 6.07 Å². The van der Waals surface area contributed by atoms with Crippen molar-refractivity contribution in [3.8, 4) is 0 Å². The fraction of sp³-hybridized carbons (Fsp3) is 0.647. The van der Waals surface area contributed by atoms with Crippen LogP contribution in [0.1, 0.15) is 50.5 Å². The van der Waals surface area contributed by atoms with Crippen molar-refractivity contribution in [2.75, 3.05) is 6.54 Å². The SMILES string of the molecule is CC1CCC(CNC2CC2)C(c2cc(Br)ccc2F)C1. The maximum absolute atomic E-state index is 14.2. The minimum absolute atomic E-state index is 0.0382. The quantitative estimate of drug-likeness (QED) is 0.825. The summed E-state index contributed by atoms with van der Waals surface area (Å²) in [5.74, 6) is 1.61. The summed E-state index contributed by atoms with van der Waals surface area (Å²) >= 11 is 3.49. The van der Waals surface area contributed by atoms with Gasteiger partial charge in [-0.15, -0.1) is 0 Å². The normalized spacial score (nSPS) is 30.4. The van der Waals surface area contributed by atoms with Crippen LogP contribution in [0.3, 0.4) is 0 Å². The van der Waals surface area contributed by atoms with Crippen LogP contribution in [0.25, 0.3) is 0 Å². The van der Waals surface area contributed by atoms with E-state index in [9.17, 15) is 4.39 Å². The van der Waals surface area contributed by atoms with Crippen LogP contribution in [0.5, 0.6) is 0 Å². The lowest BCUT2D eigenvalue weighted by atomic mass is 9.71. The van der Waals surface area contributed by atoms with Gasteiger partial charge in [0.1, 0.15) is 5.82 Å². The van der Waals surface area contributed by atoms with Crippen LogP contribution in [0.4, 0.5) is 4.39 Å². The Labute approximate surface area is 129 Å². The van der Waals surface area contributed by atoms with Crippen molar-refractivity contribution < 1.29 is 4.39 Å². The zero-order chi connectivity index (χ0) is 14.1. The van der Waals surface area contributed by atoms with Gasteiger partial charge in [0.05, 0.1) is 0 Å². The van der Waals surface area contributed by atoms with Crippen LogP contribution < -0.4 is 5.32 Å². The molecule has 1 aromatic rings. The molecule has 0 spiro atoms. The Kier molecular flexibility index (Phi) is 4.46.